The number of hydrogen-bond donors (Lipinski definition) is 2. The molecule has 3 nitrogen and oxygen atoms in total. The van der Waals surface area contributed by atoms with Gasteiger partial charge < -0.3 is 10.2 Å². The Kier molecular flexibility index (Phi) is 3.79. The second kappa shape index (κ2) is 5.52. The van der Waals surface area contributed by atoms with Gasteiger partial charge in [-0.3, -0.25) is 4.79 Å². The number of aromatic hydroxyl groups is 2. The number of ketones is 1. The van der Waals surface area contributed by atoms with Crippen molar-refractivity contribution in [2.24, 2.45) is 0 Å². The molecule has 2 aromatic carbocycles. The van der Waals surface area contributed by atoms with Gasteiger partial charge in [0.25, 0.3) is 0 Å². The molecule has 20 heavy (non-hydrogen) atoms. The van der Waals surface area contributed by atoms with E-state index in [1.807, 2.05) is 0 Å². The Bertz CT molecular complexity index is 694. The molecule has 0 aliphatic carbocycles. The van der Waals surface area contributed by atoms with Gasteiger partial charge in [-0.1, -0.05) is 0 Å². The van der Waals surface area contributed by atoms with Crippen LogP contribution in [0.25, 0.3) is 6.08 Å². The third-order valence-electron chi connectivity index (χ3n) is 2.62. The Morgan fingerprint density at radius 3 is 2.55 bits per heavy atom. The fourth-order valence-electron chi connectivity index (χ4n) is 1.62. The minimum absolute atomic E-state index is 0.0852. The van der Waals surface area contributed by atoms with Crippen molar-refractivity contribution in [1.82, 2.24) is 0 Å². The topological polar surface area (TPSA) is 57.5 Å². The first kappa shape index (κ1) is 13.7. The molecule has 0 spiro atoms. The Hall–Kier alpha value is -2.69. The quantitative estimate of drug-likeness (QED) is 0.514. The molecule has 0 saturated carbocycles. The molecule has 0 fully saturated rings. The molecule has 0 aliphatic rings. The van der Waals surface area contributed by atoms with Crippen LogP contribution in [0.1, 0.15) is 15.9 Å². The van der Waals surface area contributed by atoms with Gasteiger partial charge in [0.05, 0.1) is 5.56 Å². The monoisotopic (exact) mass is 276 g/mol. The molecule has 0 unspecified atom stereocenters. The molecule has 2 N–H and O–H groups in total. The van der Waals surface area contributed by atoms with Crippen LogP contribution in [0.2, 0.25) is 0 Å². The summed E-state index contributed by atoms with van der Waals surface area (Å²) >= 11 is 0. The minimum atomic E-state index is -0.671. The van der Waals surface area contributed by atoms with Gasteiger partial charge in [0.1, 0.15) is 23.1 Å². The van der Waals surface area contributed by atoms with Crippen LogP contribution in [0.4, 0.5) is 8.78 Å². The number of benzene rings is 2. The maximum Gasteiger partial charge on any atom is 0.189 e. The van der Waals surface area contributed by atoms with Crippen molar-refractivity contribution >= 4 is 11.9 Å². The lowest BCUT2D eigenvalue weighted by Crippen LogP contribution is -1.95. The summed E-state index contributed by atoms with van der Waals surface area (Å²) < 4.78 is 26.3. The second-order valence-electron chi connectivity index (χ2n) is 4.06. The van der Waals surface area contributed by atoms with Crippen LogP contribution in [0.15, 0.2) is 42.5 Å². The van der Waals surface area contributed by atoms with Crippen LogP contribution < -0.4 is 0 Å². The van der Waals surface area contributed by atoms with E-state index in [0.29, 0.717) is 0 Å². The van der Waals surface area contributed by atoms with Crippen LogP contribution in [0, 0.1) is 11.6 Å². The number of allylic oxidation sites excluding steroid dienone is 1. The van der Waals surface area contributed by atoms with Crippen molar-refractivity contribution in [2.75, 3.05) is 0 Å². The summed E-state index contributed by atoms with van der Waals surface area (Å²) in [5, 5.41) is 18.8. The molecule has 2 rings (SSSR count). The molecule has 102 valence electrons. The second-order valence-corrected chi connectivity index (χ2v) is 4.06. The van der Waals surface area contributed by atoms with Gasteiger partial charge in [-0.05, 0) is 48.6 Å². The number of phenolic OH excluding ortho intramolecular Hbond substituents is 2. The van der Waals surface area contributed by atoms with Gasteiger partial charge in [-0.25, -0.2) is 8.78 Å². The minimum Gasteiger partial charge on any atom is -0.508 e. The lowest BCUT2D eigenvalue weighted by Gasteiger charge is -2.01. The van der Waals surface area contributed by atoms with Crippen LogP contribution in [-0.2, 0) is 0 Å². The zero-order valence-corrected chi connectivity index (χ0v) is 10.2. The molecule has 0 radical (unpaired) electrons. The Labute approximate surface area is 113 Å². The third-order valence-corrected chi connectivity index (χ3v) is 2.62. The summed E-state index contributed by atoms with van der Waals surface area (Å²) in [4.78, 5) is 11.8. The van der Waals surface area contributed by atoms with E-state index in [-0.39, 0.29) is 22.6 Å². The first-order valence-corrected chi connectivity index (χ1v) is 5.67. The maximum atomic E-state index is 13.3. The summed E-state index contributed by atoms with van der Waals surface area (Å²) in [5.41, 5.74) is -0.212. The van der Waals surface area contributed by atoms with Gasteiger partial charge in [0.2, 0.25) is 0 Å². The third kappa shape index (κ3) is 3.00. The summed E-state index contributed by atoms with van der Waals surface area (Å²) in [6, 6.07) is 6.34. The number of hydrogen-bond acceptors (Lipinski definition) is 3. The molecule has 0 saturated heterocycles. The molecule has 0 heterocycles. The van der Waals surface area contributed by atoms with Crippen LogP contribution in [-0.4, -0.2) is 16.0 Å². The van der Waals surface area contributed by atoms with E-state index in [1.54, 1.807) is 0 Å². The molecular formula is C15H10F2O3. The van der Waals surface area contributed by atoms with E-state index in [1.165, 1.54) is 12.1 Å². The first-order valence-electron chi connectivity index (χ1n) is 5.67. The molecule has 0 aliphatic heterocycles. The molecule has 0 aromatic heterocycles. The number of halogens is 2. The van der Waals surface area contributed by atoms with Gasteiger partial charge >= 0.3 is 0 Å². The zero-order chi connectivity index (χ0) is 14.7. The normalized spacial score (nSPS) is 10.9. The summed E-state index contributed by atoms with van der Waals surface area (Å²) in [5.74, 6) is -2.43. The maximum absolute atomic E-state index is 13.3. The molecule has 0 atom stereocenters. The summed E-state index contributed by atoms with van der Waals surface area (Å²) in [6.07, 6.45) is 2.09. The van der Waals surface area contributed by atoms with Gasteiger partial charge in [-0.2, -0.15) is 0 Å². The number of carbonyl (C=O) groups excluding carboxylic acids is 1. The standard InChI is InChI=1S/C15H10F2O3/c16-10-2-4-13(17)9(7-10)1-5-14(19)12-8-11(18)3-6-15(12)20/h1-8,18,20H. The van der Waals surface area contributed by atoms with Crippen molar-refractivity contribution in [3.05, 3.63) is 65.2 Å². The summed E-state index contributed by atoms with van der Waals surface area (Å²) in [6.45, 7) is 0. The average molecular weight is 276 g/mol. The molecule has 0 amide bonds. The Morgan fingerprint density at radius 2 is 1.80 bits per heavy atom. The number of phenols is 2. The molecular weight excluding hydrogens is 266 g/mol. The molecule has 5 heteroatoms. The van der Waals surface area contributed by atoms with Crippen molar-refractivity contribution in [2.45, 2.75) is 0 Å². The van der Waals surface area contributed by atoms with Crippen molar-refractivity contribution < 1.29 is 23.8 Å². The van der Waals surface area contributed by atoms with Gasteiger partial charge in [0.15, 0.2) is 5.78 Å². The highest BCUT2D eigenvalue weighted by Crippen LogP contribution is 2.23. The van der Waals surface area contributed by atoms with Crippen molar-refractivity contribution in [3.63, 3.8) is 0 Å². The van der Waals surface area contributed by atoms with E-state index in [4.69, 9.17) is 0 Å². The van der Waals surface area contributed by atoms with Crippen LogP contribution in [0.3, 0.4) is 0 Å². The Balaban J connectivity index is 2.29. The predicted molar refractivity (Wildman–Crippen MR) is 69.5 cm³/mol. The summed E-state index contributed by atoms with van der Waals surface area (Å²) in [7, 11) is 0. The zero-order valence-electron chi connectivity index (χ0n) is 10.2. The first-order chi connectivity index (χ1) is 9.47. The van der Waals surface area contributed by atoms with Crippen molar-refractivity contribution in [1.29, 1.82) is 0 Å². The number of carbonyl (C=O) groups is 1. The SMILES string of the molecule is O=C(C=Cc1cc(F)ccc1F)c1cc(O)ccc1O. The smallest absolute Gasteiger partial charge is 0.189 e. The van der Waals surface area contributed by atoms with E-state index >= 15 is 0 Å². The van der Waals surface area contributed by atoms with E-state index < -0.39 is 17.4 Å². The lowest BCUT2D eigenvalue weighted by atomic mass is 10.1. The largest absolute Gasteiger partial charge is 0.508 e. The van der Waals surface area contributed by atoms with Crippen LogP contribution in [0.5, 0.6) is 11.5 Å². The fraction of sp³-hybridized carbons (Fsp3) is 0. The van der Waals surface area contributed by atoms with E-state index in [9.17, 15) is 23.8 Å². The fourth-order valence-corrected chi connectivity index (χ4v) is 1.62. The highest BCUT2D eigenvalue weighted by atomic mass is 19.1. The van der Waals surface area contributed by atoms with Crippen molar-refractivity contribution in [3.8, 4) is 11.5 Å². The number of rotatable bonds is 3. The van der Waals surface area contributed by atoms with Gasteiger partial charge in [0, 0.05) is 5.56 Å². The van der Waals surface area contributed by atoms with Gasteiger partial charge in [-0.15, -0.1) is 0 Å². The average Bonchev–Trinajstić information content (AvgIpc) is 2.42. The Morgan fingerprint density at radius 1 is 1.05 bits per heavy atom. The predicted octanol–water partition coefficient (Wildman–Crippen LogP) is 3.27. The molecule has 0 bridgehead atoms. The van der Waals surface area contributed by atoms with Crippen LogP contribution >= 0.6 is 0 Å². The van der Waals surface area contributed by atoms with E-state index in [2.05, 4.69) is 0 Å². The lowest BCUT2D eigenvalue weighted by molar-refractivity contribution is 0.104. The highest BCUT2D eigenvalue weighted by molar-refractivity contribution is 6.08. The molecule has 2 aromatic rings. The highest BCUT2D eigenvalue weighted by Gasteiger charge is 2.09. The van der Waals surface area contributed by atoms with E-state index in [0.717, 1.165) is 36.4 Å².